The number of nitrogens with one attached hydrogen (secondary N) is 2. The number of fused-ring (bicyclic) bond motifs is 1. The highest BCUT2D eigenvalue weighted by Gasteiger charge is 2.28. The third-order valence-corrected chi connectivity index (χ3v) is 7.97. The van der Waals surface area contributed by atoms with Crippen LogP contribution in [0.25, 0.3) is 10.9 Å². The van der Waals surface area contributed by atoms with Crippen LogP contribution in [0, 0.1) is 0 Å². The van der Waals surface area contributed by atoms with Gasteiger partial charge in [0, 0.05) is 11.5 Å². The number of methoxy groups -OCH3 is 2. The summed E-state index contributed by atoms with van der Waals surface area (Å²) in [4.78, 5) is 8.07. The molecule has 0 aliphatic carbocycles. The minimum Gasteiger partial charge on any atom is -0.493 e. The molecule has 30 heavy (non-hydrogen) atoms. The Hall–Kier alpha value is -2.96. The molecule has 2 N–H and O–H groups in total. The van der Waals surface area contributed by atoms with E-state index in [0.717, 1.165) is 0 Å². The van der Waals surface area contributed by atoms with Crippen molar-refractivity contribution < 1.29 is 26.3 Å². The highest BCUT2D eigenvalue weighted by atomic mass is 32.3. The lowest BCUT2D eigenvalue weighted by molar-refractivity contribution is 0.356. The van der Waals surface area contributed by atoms with Gasteiger partial charge in [-0.25, -0.2) is 26.8 Å². The van der Waals surface area contributed by atoms with Gasteiger partial charge in [-0.05, 0) is 25.1 Å². The molecule has 0 saturated heterocycles. The minimum absolute atomic E-state index is 0.162. The SMILES string of the molecule is COc1cc2ncnc(NC(C)S(=O)(=O)NS(=O)(=O)c3ccccc3)c2cc1OC. The zero-order valence-electron chi connectivity index (χ0n) is 16.4. The zero-order valence-corrected chi connectivity index (χ0v) is 18.0. The standard InChI is InChI=1S/C18H20N4O6S2/c1-12(29(23,24)22-30(25,26)13-7-5-4-6-8-13)21-18-14-9-16(27-2)17(28-3)10-15(14)19-11-20-18/h4-12,22H,1-3H3,(H,19,20,21). The van der Waals surface area contributed by atoms with Crippen molar-refractivity contribution in [1.29, 1.82) is 0 Å². The summed E-state index contributed by atoms with van der Waals surface area (Å²) >= 11 is 0. The first-order valence-electron chi connectivity index (χ1n) is 8.63. The van der Waals surface area contributed by atoms with Crippen LogP contribution >= 0.6 is 0 Å². The third-order valence-electron chi connectivity index (χ3n) is 4.23. The summed E-state index contributed by atoms with van der Waals surface area (Å²) in [6, 6.07) is 10.4. The van der Waals surface area contributed by atoms with E-state index in [1.165, 1.54) is 51.7 Å². The number of aromatic nitrogens is 2. The summed E-state index contributed by atoms with van der Waals surface area (Å²) in [6.45, 7) is 1.30. The molecule has 10 nitrogen and oxygen atoms in total. The molecular weight excluding hydrogens is 432 g/mol. The summed E-state index contributed by atoms with van der Waals surface area (Å²) in [7, 11) is -5.64. The van der Waals surface area contributed by atoms with E-state index < -0.39 is 25.4 Å². The molecule has 0 spiro atoms. The lowest BCUT2D eigenvalue weighted by Crippen LogP contribution is -2.40. The number of hydrogen-bond acceptors (Lipinski definition) is 9. The van der Waals surface area contributed by atoms with Gasteiger partial charge in [0.15, 0.2) is 11.5 Å². The van der Waals surface area contributed by atoms with Crippen LogP contribution in [0.15, 0.2) is 53.7 Å². The normalized spacial score (nSPS) is 13.0. The Bertz CT molecular complexity index is 1260. The molecular formula is C18H20N4O6S2. The van der Waals surface area contributed by atoms with Gasteiger partial charge in [-0.1, -0.05) is 18.2 Å². The number of rotatable bonds is 8. The van der Waals surface area contributed by atoms with Crippen LogP contribution in [-0.4, -0.2) is 46.4 Å². The molecule has 0 aliphatic rings. The summed E-state index contributed by atoms with van der Waals surface area (Å²) in [6.07, 6.45) is 1.25. The third kappa shape index (κ3) is 4.45. The van der Waals surface area contributed by atoms with Gasteiger partial charge in [-0.2, -0.15) is 0 Å². The molecule has 0 amide bonds. The zero-order chi connectivity index (χ0) is 21.9. The Balaban J connectivity index is 1.91. The first-order chi connectivity index (χ1) is 14.2. The fraction of sp³-hybridized carbons (Fsp3) is 0.222. The molecule has 3 aromatic rings. The largest absolute Gasteiger partial charge is 0.493 e. The van der Waals surface area contributed by atoms with Gasteiger partial charge < -0.3 is 14.8 Å². The molecule has 12 heteroatoms. The Kier molecular flexibility index (Phi) is 6.10. The molecule has 1 heterocycles. The second-order valence-corrected chi connectivity index (χ2v) is 10.1. The fourth-order valence-electron chi connectivity index (χ4n) is 2.64. The van der Waals surface area contributed by atoms with Crippen molar-refractivity contribution in [3.63, 3.8) is 0 Å². The number of anilines is 1. The second-order valence-electron chi connectivity index (χ2n) is 6.18. The molecule has 160 valence electrons. The van der Waals surface area contributed by atoms with E-state index in [0.29, 0.717) is 22.4 Å². The fourth-order valence-corrected chi connectivity index (χ4v) is 5.61. The molecule has 0 fully saturated rings. The molecule has 3 rings (SSSR count). The monoisotopic (exact) mass is 452 g/mol. The van der Waals surface area contributed by atoms with E-state index >= 15 is 0 Å². The van der Waals surface area contributed by atoms with Crippen molar-refractivity contribution in [1.82, 2.24) is 14.1 Å². The molecule has 0 bridgehead atoms. The van der Waals surface area contributed by atoms with Crippen LogP contribution in [0.3, 0.4) is 0 Å². The van der Waals surface area contributed by atoms with E-state index in [4.69, 9.17) is 9.47 Å². The average Bonchev–Trinajstić information content (AvgIpc) is 2.72. The predicted octanol–water partition coefficient (Wildman–Crippen LogP) is 1.71. The topological polar surface area (TPSA) is 137 Å². The molecule has 2 aromatic carbocycles. The van der Waals surface area contributed by atoms with Gasteiger partial charge in [-0.15, -0.1) is 4.13 Å². The molecule has 0 saturated carbocycles. The quantitative estimate of drug-likeness (QED) is 0.523. The van der Waals surface area contributed by atoms with Gasteiger partial charge in [0.05, 0.1) is 24.6 Å². The van der Waals surface area contributed by atoms with Gasteiger partial charge >= 0.3 is 0 Å². The second kappa shape index (κ2) is 8.42. The van der Waals surface area contributed by atoms with Crippen molar-refractivity contribution in [2.45, 2.75) is 17.2 Å². The average molecular weight is 453 g/mol. The maximum atomic E-state index is 12.6. The highest BCUT2D eigenvalue weighted by molar-refractivity contribution is 8.05. The molecule has 0 radical (unpaired) electrons. The van der Waals surface area contributed by atoms with E-state index in [1.807, 2.05) is 0 Å². The summed E-state index contributed by atoms with van der Waals surface area (Å²) in [5, 5.41) is 1.87. The Morgan fingerprint density at radius 2 is 1.57 bits per heavy atom. The van der Waals surface area contributed by atoms with Crippen LogP contribution < -0.4 is 18.9 Å². The summed E-state index contributed by atoms with van der Waals surface area (Å²) < 4.78 is 62.3. The van der Waals surface area contributed by atoms with Crippen LogP contribution in [0.5, 0.6) is 11.5 Å². The number of hydrogen-bond donors (Lipinski definition) is 2. The predicted molar refractivity (Wildman–Crippen MR) is 111 cm³/mol. The van der Waals surface area contributed by atoms with Crippen molar-refractivity contribution in [3.05, 3.63) is 48.8 Å². The number of benzene rings is 2. The van der Waals surface area contributed by atoms with Crippen LogP contribution in [0.1, 0.15) is 6.92 Å². The smallest absolute Gasteiger partial charge is 0.253 e. The lowest BCUT2D eigenvalue weighted by atomic mass is 10.2. The molecule has 1 unspecified atom stereocenters. The van der Waals surface area contributed by atoms with Crippen molar-refractivity contribution >= 4 is 36.8 Å². The first-order valence-corrected chi connectivity index (χ1v) is 11.7. The number of sulfonamides is 2. The summed E-state index contributed by atoms with van der Waals surface area (Å²) in [5.74, 6) is 1.05. The van der Waals surface area contributed by atoms with E-state index in [2.05, 4.69) is 15.3 Å². The van der Waals surface area contributed by atoms with Crippen molar-refractivity contribution in [2.24, 2.45) is 0 Å². The lowest BCUT2D eigenvalue weighted by Gasteiger charge is -2.18. The molecule has 1 aromatic heterocycles. The van der Waals surface area contributed by atoms with E-state index in [1.54, 1.807) is 22.3 Å². The molecule has 0 aliphatic heterocycles. The van der Waals surface area contributed by atoms with Crippen molar-refractivity contribution in [3.8, 4) is 11.5 Å². The van der Waals surface area contributed by atoms with Crippen molar-refractivity contribution in [2.75, 3.05) is 19.5 Å². The maximum absolute atomic E-state index is 12.6. The Morgan fingerprint density at radius 1 is 0.933 bits per heavy atom. The van der Waals surface area contributed by atoms with E-state index in [9.17, 15) is 16.8 Å². The van der Waals surface area contributed by atoms with Crippen LogP contribution in [-0.2, 0) is 20.0 Å². The maximum Gasteiger partial charge on any atom is 0.253 e. The first kappa shape index (κ1) is 21.7. The van der Waals surface area contributed by atoms with Crippen LogP contribution in [0.2, 0.25) is 0 Å². The van der Waals surface area contributed by atoms with Gasteiger partial charge in [0.25, 0.3) is 10.0 Å². The molecule has 1 atom stereocenters. The van der Waals surface area contributed by atoms with Gasteiger partial charge in [-0.3, -0.25) is 0 Å². The summed E-state index contributed by atoms with van der Waals surface area (Å²) in [5.41, 5.74) is 0.486. The Morgan fingerprint density at radius 3 is 2.20 bits per heavy atom. The van der Waals surface area contributed by atoms with Gasteiger partial charge in [0.1, 0.15) is 17.5 Å². The van der Waals surface area contributed by atoms with E-state index in [-0.39, 0.29) is 10.7 Å². The van der Waals surface area contributed by atoms with Gasteiger partial charge in [0.2, 0.25) is 10.0 Å². The number of ether oxygens (including phenoxy) is 2. The minimum atomic E-state index is -4.33. The van der Waals surface area contributed by atoms with Crippen LogP contribution in [0.4, 0.5) is 5.82 Å². The Labute approximate surface area is 174 Å². The highest BCUT2D eigenvalue weighted by Crippen LogP contribution is 2.33. The number of nitrogens with zero attached hydrogens (tertiary/aromatic N) is 2.